The number of benzene rings is 1. The molecule has 2 fully saturated rings. The molecule has 1 heterocycles. The molecule has 1 saturated heterocycles. The number of hydrogen-bond acceptors (Lipinski definition) is 4. The fourth-order valence-corrected chi connectivity index (χ4v) is 3.91. The van der Waals surface area contributed by atoms with Crippen LogP contribution in [0.5, 0.6) is 5.75 Å². The van der Waals surface area contributed by atoms with E-state index >= 15 is 0 Å². The summed E-state index contributed by atoms with van der Waals surface area (Å²) in [5.41, 5.74) is 1.37. The van der Waals surface area contributed by atoms with E-state index in [-0.39, 0.29) is 30.8 Å². The molecule has 0 amide bonds. The van der Waals surface area contributed by atoms with Crippen LogP contribution in [0.4, 0.5) is 0 Å². The van der Waals surface area contributed by atoms with Crippen LogP contribution in [0.15, 0.2) is 24.3 Å². The van der Waals surface area contributed by atoms with Crippen molar-refractivity contribution >= 4 is 30.8 Å². The van der Waals surface area contributed by atoms with E-state index < -0.39 is 0 Å². The van der Waals surface area contributed by atoms with Crippen LogP contribution in [0, 0.1) is 5.92 Å². The zero-order valence-electron chi connectivity index (χ0n) is 14.2. The first-order valence-corrected chi connectivity index (χ1v) is 8.47. The zero-order chi connectivity index (χ0) is 15.4. The summed E-state index contributed by atoms with van der Waals surface area (Å²) in [6.07, 6.45) is 5.39. The van der Waals surface area contributed by atoms with Crippen molar-refractivity contribution in [2.24, 2.45) is 5.92 Å². The average Bonchev–Trinajstić information content (AvgIpc) is 3.04. The Bertz CT molecular complexity index is 498. The van der Waals surface area contributed by atoms with Crippen molar-refractivity contribution in [3.63, 3.8) is 0 Å². The molecule has 1 aliphatic carbocycles. The predicted octanol–water partition coefficient (Wildman–Crippen LogP) is 3.59. The summed E-state index contributed by atoms with van der Waals surface area (Å²) >= 11 is 0. The Kier molecular flexibility index (Phi) is 9.06. The third-order valence-electron chi connectivity index (χ3n) is 4.87. The zero-order valence-corrected chi connectivity index (χ0v) is 15.8. The topological polar surface area (TPSA) is 41.6 Å². The molecule has 4 nitrogen and oxygen atoms in total. The number of esters is 1. The lowest BCUT2D eigenvalue weighted by atomic mass is 9.89. The van der Waals surface area contributed by atoms with E-state index in [1.807, 2.05) is 12.1 Å². The molecule has 6 heteroatoms. The summed E-state index contributed by atoms with van der Waals surface area (Å²) < 4.78 is 5.16. The first kappa shape index (κ1) is 21.2. The minimum absolute atomic E-state index is 0. The van der Waals surface area contributed by atoms with Crippen LogP contribution in [0.1, 0.15) is 44.2 Å². The summed E-state index contributed by atoms with van der Waals surface area (Å²) in [5, 5.41) is 3.44. The van der Waals surface area contributed by atoms with Gasteiger partial charge in [0.15, 0.2) is 0 Å². The summed E-state index contributed by atoms with van der Waals surface area (Å²) in [6.45, 7) is 5.83. The van der Waals surface area contributed by atoms with Crippen molar-refractivity contribution in [1.29, 1.82) is 0 Å². The van der Waals surface area contributed by atoms with Crippen LogP contribution < -0.4 is 10.1 Å². The second-order valence-electron chi connectivity index (χ2n) is 6.44. The van der Waals surface area contributed by atoms with Gasteiger partial charge in [0.25, 0.3) is 0 Å². The molecule has 1 aromatic carbocycles. The van der Waals surface area contributed by atoms with Crippen molar-refractivity contribution < 1.29 is 9.53 Å². The van der Waals surface area contributed by atoms with Gasteiger partial charge in [-0.25, -0.2) is 0 Å². The lowest BCUT2D eigenvalue weighted by Crippen LogP contribution is -2.46. The summed E-state index contributed by atoms with van der Waals surface area (Å²) in [5.74, 6) is 1.14. The number of piperazine rings is 1. The van der Waals surface area contributed by atoms with Gasteiger partial charge in [-0.05, 0) is 36.5 Å². The molecule has 1 aliphatic heterocycles. The molecule has 0 spiro atoms. The Hall–Kier alpha value is -0.810. The van der Waals surface area contributed by atoms with Gasteiger partial charge in [0, 0.05) is 39.1 Å². The fourth-order valence-electron chi connectivity index (χ4n) is 3.91. The van der Waals surface area contributed by atoms with Crippen LogP contribution >= 0.6 is 24.8 Å². The second-order valence-corrected chi connectivity index (χ2v) is 6.44. The van der Waals surface area contributed by atoms with E-state index in [0.29, 0.717) is 11.8 Å². The molecule has 2 aliphatic rings. The molecule has 1 aromatic rings. The lowest BCUT2D eigenvalue weighted by Gasteiger charge is -2.38. The van der Waals surface area contributed by atoms with Crippen LogP contribution in [0.2, 0.25) is 0 Å². The van der Waals surface area contributed by atoms with Gasteiger partial charge in [-0.1, -0.05) is 25.0 Å². The van der Waals surface area contributed by atoms with Crippen molar-refractivity contribution in [3.8, 4) is 5.75 Å². The van der Waals surface area contributed by atoms with Crippen LogP contribution in [0.3, 0.4) is 0 Å². The number of ether oxygens (including phenoxy) is 1. The number of halogens is 2. The molecule has 24 heavy (non-hydrogen) atoms. The molecule has 0 aromatic heterocycles. The van der Waals surface area contributed by atoms with Gasteiger partial charge in [-0.3, -0.25) is 9.69 Å². The Morgan fingerprint density at radius 1 is 1.12 bits per heavy atom. The monoisotopic (exact) mass is 374 g/mol. The highest BCUT2D eigenvalue weighted by molar-refractivity contribution is 5.85. The van der Waals surface area contributed by atoms with Crippen LogP contribution in [0.25, 0.3) is 0 Å². The maximum Gasteiger partial charge on any atom is 0.308 e. The molecule has 1 saturated carbocycles. The van der Waals surface area contributed by atoms with Gasteiger partial charge < -0.3 is 10.1 Å². The third-order valence-corrected chi connectivity index (χ3v) is 4.87. The number of nitrogens with zero attached hydrogens (tertiary/aromatic N) is 1. The van der Waals surface area contributed by atoms with Crippen LogP contribution in [-0.2, 0) is 4.79 Å². The maximum absolute atomic E-state index is 11.1. The fraction of sp³-hybridized carbons (Fsp3) is 0.611. The normalized spacial score (nSPS) is 19.9. The van der Waals surface area contributed by atoms with Crippen LogP contribution in [-0.4, -0.2) is 37.0 Å². The number of carbonyl (C=O) groups excluding carboxylic acids is 1. The van der Waals surface area contributed by atoms with Gasteiger partial charge in [0.05, 0.1) is 0 Å². The largest absolute Gasteiger partial charge is 0.427 e. The van der Waals surface area contributed by atoms with E-state index in [0.717, 1.165) is 32.1 Å². The number of hydrogen-bond donors (Lipinski definition) is 1. The minimum atomic E-state index is -0.262. The molecule has 1 N–H and O–H groups in total. The minimum Gasteiger partial charge on any atom is -0.427 e. The molecule has 136 valence electrons. The van der Waals surface area contributed by atoms with E-state index in [1.54, 1.807) is 0 Å². The molecule has 0 radical (unpaired) electrons. The van der Waals surface area contributed by atoms with Crippen molar-refractivity contribution in [2.75, 3.05) is 26.2 Å². The number of nitrogens with one attached hydrogen (secondary N) is 1. The smallest absolute Gasteiger partial charge is 0.308 e. The Labute approximate surface area is 157 Å². The standard InChI is InChI=1S/C18H26N2O2.2ClH/c1-14(21)22-17-8-6-16(7-9-17)18(15-4-2-3-5-15)20-12-10-19-11-13-20;;/h6-9,15,18-19H,2-5,10-13H2,1H3;2*1H/t18-;;/m1../s1. The van der Waals surface area contributed by atoms with Gasteiger partial charge in [0.1, 0.15) is 5.75 Å². The average molecular weight is 375 g/mol. The molecule has 3 rings (SSSR count). The molecular weight excluding hydrogens is 347 g/mol. The predicted molar refractivity (Wildman–Crippen MR) is 101 cm³/mol. The van der Waals surface area contributed by atoms with Crippen molar-refractivity contribution in [1.82, 2.24) is 10.2 Å². The van der Waals surface area contributed by atoms with Crippen molar-refractivity contribution in [3.05, 3.63) is 29.8 Å². The second kappa shape index (κ2) is 10.2. The van der Waals surface area contributed by atoms with Gasteiger partial charge in [0.2, 0.25) is 0 Å². The number of rotatable bonds is 4. The quantitative estimate of drug-likeness (QED) is 0.645. The van der Waals surface area contributed by atoms with E-state index in [2.05, 4.69) is 22.3 Å². The Morgan fingerprint density at radius 2 is 1.71 bits per heavy atom. The maximum atomic E-state index is 11.1. The lowest BCUT2D eigenvalue weighted by molar-refractivity contribution is -0.131. The van der Waals surface area contributed by atoms with E-state index in [4.69, 9.17) is 4.74 Å². The van der Waals surface area contributed by atoms with E-state index in [9.17, 15) is 4.79 Å². The summed E-state index contributed by atoms with van der Waals surface area (Å²) in [6, 6.07) is 8.66. The Balaban J connectivity index is 0.00000144. The van der Waals surface area contributed by atoms with Gasteiger partial charge >= 0.3 is 5.97 Å². The Morgan fingerprint density at radius 3 is 2.25 bits per heavy atom. The molecule has 1 atom stereocenters. The first-order chi connectivity index (χ1) is 10.7. The summed E-state index contributed by atoms with van der Waals surface area (Å²) in [7, 11) is 0. The van der Waals surface area contributed by atoms with Gasteiger partial charge in [-0.2, -0.15) is 0 Å². The SMILES string of the molecule is CC(=O)Oc1ccc([C@@H](C2CCCC2)N2CCNCC2)cc1.Cl.Cl. The highest BCUT2D eigenvalue weighted by Crippen LogP contribution is 2.40. The van der Waals surface area contributed by atoms with Gasteiger partial charge in [-0.15, -0.1) is 24.8 Å². The molecule has 0 unspecified atom stereocenters. The molecular formula is C18H28Cl2N2O2. The van der Waals surface area contributed by atoms with Crippen molar-refractivity contribution in [2.45, 2.75) is 38.6 Å². The molecule has 0 bridgehead atoms. The summed E-state index contributed by atoms with van der Waals surface area (Å²) in [4.78, 5) is 13.7. The van der Waals surface area contributed by atoms with E-state index in [1.165, 1.54) is 38.2 Å². The number of carbonyl (C=O) groups is 1. The third kappa shape index (κ3) is 5.35. The first-order valence-electron chi connectivity index (χ1n) is 8.47. The highest BCUT2D eigenvalue weighted by Gasteiger charge is 2.31. The highest BCUT2D eigenvalue weighted by atomic mass is 35.5.